The number of nitrogens with one attached hydrogen (secondary N) is 1. The van der Waals surface area contributed by atoms with E-state index in [0.29, 0.717) is 5.92 Å². The smallest absolute Gasteiger partial charge is 0.0135 e. The minimum Gasteiger partial charge on any atom is -0.307 e. The molecule has 112 valence electrons. The van der Waals surface area contributed by atoms with E-state index >= 15 is 0 Å². The molecule has 1 saturated heterocycles. The van der Waals surface area contributed by atoms with Crippen molar-refractivity contribution in [1.29, 1.82) is 0 Å². The topological polar surface area (TPSA) is 12.0 Å². The Morgan fingerprint density at radius 1 is 0.900 bits per heavy atom. The largest absolute Gasteiger partial charge is 0.307 e. The molecule has 0 radical (unpaired) electrons. The first kappa shape index (κ1) is 15.6. The van der Waals surface area contributed by atoms with Crippen LogP contribution >= 0.6 is 0 Å². The number of hydrogen-bond acceptors (Lipinski definition) is 1. The van der Waals surface area contributed by atoms with Gasteiger partial charge in [-0.15, -0.1) is 0 Å². The highest BCUT2D eigenvalue weighted by molar-refractivity contribution is 5.30. The molecule has 0 spiro atoms. The molecule has 1 aromatic carbocycles. The summed E-state index contributed by atoms with van der Waals surface area (Å²) in [6.07, 6.45) is 2.43. The van der Waals surface area contributed by atoms with Crippen molar-refractivity contribution in [3.63, 3.8) is 0 Å². The molecular weight excluding hydrogens is 242 g/mol. The van der Waals surface area contributed by atoms with Gasteiger partial charge < -0.3 is 5.32 Å². The van der Waals surface area contributed by atoms with E-state index in [1.807, 2.05) is 0 Å². The van der Waals surface area contributed by atoms with E-state index in [1.165, 1.54) is 24.0 Å². The fraction of sp³-hybridized carbons (Fsp3) is 0.684. The molecule has 1 fully saturated rings. The lowest BCUT2D eigenvalue weighted by molar-refractivity contribution is 0.162. The van der Waals surface area contributed by atoms with Gasteiger partial charge in [0.15, 0.2) is 0 Å². The Bertz CT molecular complexity index is 444. The summed E-state index contributed by atoms with van der Waals surface area (Å²) in [5.41, 5.74) is 3.60. The monoisotopic (exact) mass is 273 g/mol. The van der Waals surface area contributed by atoms with Crippen LogP contribution in [0.1, 0.15) is 78.4 Å². The van der Waals surface area contributed by atoms with Crippen molar-refractivity contribution >= 4 is 0 Å². The third kappa shape index (κ3) is 3.63. The Morgan fingerprint density at radius 3 is 1.75 bits per heavy atom. The molecule has 0 bridgehead atoms. The standard InChI is InChI=1S/C19H31N/c1-17(2,3)16-10-8-14(9-11-16)15-12-18(4,5)20-19(6,7)13-15/h8-11,15,20H,12-13H2,1-7H3. The third-order valence-corrected chi connectivity index (χ3v) is 4.44. The highest BCUT2D eigenvalue weighted by atomic mass is 15.0. The zero-order chi connectivity index (χ0) is 15.2. The molecule has 1 aliphatic rings. The Morgan fingerprint density at radius 2 is 1.35 bits per heavy atom. The minimum atomic E-state index is 0.217. The Kier molecular flexibility index (Phi) is 3.79. The maximum atomic E-state index is 3.77. The summed E-state index contributed by atoms with van der Waals surface area (Å²) in [5, 5.41) is 3.77. The Hall–Kier alpha value is -0.820. The van der Waals surface area contributed by atoms with Crippen molar-refractivity contribution in [2.24, 2.45) is 0 Å². The average molecular weight is 273 g/mol. The van der Waals surface area contributed by atoms with Crippen molar-refractivity contribution < 1.29 is 0 Å². The van der Waals surface area contributed by atoms with Crippen LogP contribution in [0.2, 0.25) is 0 Å². The minimum absolute atomic E-state index is 0.217. The summed E-state index contributed by atoms with van der Waals surface area (Å²) in [5.74, 6) is 0.662. The van der Waals surface area contributed by atoms with Gasteiger partial charge in [0, 0.05) is 11.1 Å². The fourth-order valence-electron chi connectivity index (χ4n) is 3.81. The zero-order valence-electron chi connectivity index (χ0n) is 14.3. The van der Waals surface area contributed by atoms with Gasteiger partial charge >= 0.3 is 0 Å². The van der Waals surface area contributed by atoms with Crippen LogP contribution in [0.25, 0.3) is 0 Å². The van der Waals surface area contributed by atoms with Gasteiger partial charge in [-0.3, -0.25) is 0 Å². The predicted molar refractivity (Wildman–Crippen MR) is 88.4 cm³/mol. The molecule has 20 heavy (non-hydrogen) atoms. The SMILES string of the molecule is CC1(C)CC(c2ccc(C(C)(C)C)cc2)CC(C)(C)N1. The van der Waals surface area contributed by atoms with E-state index in [4.69, 9.17) is 0 Å². The number of piperidine rings is 1. The second-order valence-electron chi connectivity index (χ2n) is 8.87. The third-order valence-electron chi connectivity index (χ3n) is 4.44. The van der Waals surface area contributed by atoms with E-state index in [2.05, 4.69) is 78.0 Å². The first-order valence-electron chi connectivity index (χ1n) is 7.88. The van der Waals surface area contributed by atoms with Crippen LogP contribution in [0.3, 0.4) is 0 Å². The van der Waals surface area contributed by atoms with E-state index in [9.17, 15) is 0 Å². The first-order valence-corrected chi connectivity index (χ1v) is 7.88. The van der Waals surface area contributed by atoms with Gasteiger partial charge in [0.2, 0.25) is 0 Å². The van der Waals surface area contributed by atoms with Crippen LogP contribution in [0, 0.1) is 0 Å². The van der Waals surface area contributed by atoms with Crippen LogP contribution in [0.5, 0.6) is 0 Å². The Labute approximate surface area is 125 Å². The molecule has 1 heterocycles. The van der Waals surface area contributed by atoms with Gasteiger partial charge in [-0.1, -0.05) is 45.0 Å². The van der Waals surface area contributed by atoms with Crippen LogP contribution in [0.15, 0.2) is 24.3 Å². The van der Waals surface area contributed by atoms with Gasteiger partial charge in [-0.2, -0.15) is 0 Å². The molecule has 1 aliphatic heterocycles. The highest BCUT2D eigenvalue weighted by Gasteiger charge is 2.38. The lowest BCUT2D eigenvalue weighted by atomic mass is 9.73. The summed E-state index contributed by atoms with van der Waals surface area (Å²) in [6.45, 7) is 16.1. The quantitative estimate of drug-likeness (QED) is 0.758. The summed E-state index contributed by atoms with van der Waals surface area (Å²) < 4.78 is 0. The summed E-state index contributed by atoms with van der Waals surface area (Å²) in [7, 11) is 0. The Balaban J connectivity index is 2.23. The van der Waals surface area contributed by atoms with E-state index in [0.717, 1.165) is 0 Å². The van der Waals surface area contributed by atoms with Crippen LogP contribution in [-0.4, -0.2) is 11.1 Å². The molecule has 0 saturated carbocycles. The first-order chi connectivity index (χ1) is 8.99. The van der Waals surface area contributed by atoms with Crippen molar-refractivity contribution in [3.8, 4) is 0 Å². The molecule has 0 atom stereocenters. The molecule has 0 unspecified atom stereocenters. The van der Waals surface area contributed by atoms with Gasteiger partial charge in [0.25, 0.3) is 0 Å². The molecule has 1 aromatic rings. The molecule has 0 aliphatic carbocycles. The lowest BCUT2D eigenvalue weighted by Crippen LogP contribution is -2.57. The van der Waals surface area contributed by atoms with Gasteiger partial charge in [0.1, 0.15) is 0 Å². The van der Waals surface area contributed by atoms with E-state index in [-0.39, 0.29) is 16.5 Å². The summed E-state index contributed by atoms with van der Waals surface area (Å²) in [6, 6.07) is 9.33. The van der Waals surface area contributed by atoms with Crippen LogP contribution < -0.4 is 5.32 Å². The van der Waals surface area contributed by atoms with Crippen LogP contribution in [0.4, 0.5) is 0 Å². The fourth-order valence-corrected chi connectivity index (χ4v) is 3.81. The van der Waals surface area contributed by atoms with Gasteiger partial charge in [-0.05, 0) is 63.0 Å². The van der Waals surface area contributed by atoms with Crippen molar-refractivity contribution in [2.45, 2.75) is 83.7 Å². The second-order valence-corrected chi connectivity index (χ2v) is 8.87. The molecular formula is C19H31N. The van der Waals surface area contributed by atoms with Crippen molar-refractivity contribution in [3.05, 3.63) is 35.4 Å². The molecule has 0 aromatic heterocycles. The zero-order valence-corrected chi connectivity index (χ0v) is 14.3. The molecule has 0 amide bonds. The lowest BCUT2D eigenvalue weighted by Gasteiger charge is -2.46. The van der Waals surface area contributed by atoms with Crippen LogP contribution in [-0.2, 0) is 5.41 Å². The van der Waals surface area contributed by atoms with Gasteiger partial charge in [0.05, 0.1) is 0 Å². The normalized spacial score (nSPS) is 22.8. The van der Waals surface area contributed by atoms with E-state index in [1.54, 1.807) is 0 Å². The molecule has 1 nitrogen and oxygen atoms in total. The number of benzene rings is 1. The summed E-state index contributed by atoms with van der Waals surface area (Å²) in [4.78, 5) is 0. The highest BCUT2D eigenvalue weighted by Crippen LogP contribution is 2.39. The molecule has 1 N–H and O–H groups in total. The van der Waals surface area contributed by atoms with E-state index < -0.39 is 0 Å². The van der Waals surface area contributed by atoms with Crippen molar-refractivity contribution in [2.75, 3.05) is 0 Å². The summed E-state index contributed by atoms with van der Waals surface area (Å²) >= 11 is 0. The maximum Gasteiger partial charge on any atom is 0.0135 e. The second kappa shape index (κ2) is 4.87. The predicted octanol–water partition coefficient (Wildman–Crippen LogP) is 5.01. The maximum absolute atomic E-state index is 3.77. The number of rotatable bonds is 1. The van der Waals surface area contributed by atoms with Gasteiger partial charge in [-0.25, -0.2) is 0 Å². The number of hydrogen-bond donors (Lipinski definition) is 1. The average Bonchev–Trinajstić information content (AvgIpc) is 2.24. The van der Waals surface area contributed by atoms with Crippen molar-refractivity contribution in [1.82, 2.24) is 5.32 Å². The molecule has 2 rings (SSSR count). The molecule has 1 heteroatoms.